The van der Waals surface area contributed by atoms with E-state index in [0.29, 0.717) is 5.02 Å². The van der Waals surface area contributed by atoms with E-state index in [1.165, 1.54) is 6.20 Å². The Morgan fingerprint density at radius 1 is 1.42 bits per heavy atom. The normalized spacial score (nSPS) is 11.4. The topological polar surface area (TPSA) is 38.4 Å². The van der Waals surface area contributed by atoms with Gasteiger partial charge in [0.15, 0.2) is 0 Å². The first-order valence-electron chi connectivity index (χ1n) is 3.49. The summed E-state index contributed by atoms with van der Waals surface area (Å²) in [6.07, 6.45) is 4.70. The van der Waals surface area contributed by atoms with Crippen molar-refractivity contribution in [2.24, 2.45) is 10.7 Å². The zero-order valence-corrected chi connectivity index (χ0v) is 7.20. The maximum Gasteiger partial charge on any atom is 0.0644 e. The number of allylic oxidation sites excluding steroid dienone is 1. The first-order valence-corrected chi connectivity index (χ1v) is 3.87. The van der Waals surface area contributed by atoms with Gasteiger partial charge in [-0.2, -0.15) is 0 Å². The number of hydrogen-bond donors (Lipinski definition) is 1. The van der Waals surface area contributed by atoms with Gasteiger partial charge in [0.1, 0.15) is 0 Å². The number of hydrogen-bond acceptors (Lipinski definition) is 2. The van der Waals surface area contributed by atoms with Crippen molar-refractivity contribution in [2.45, 2.75) is 0 Å². The van der Waals surface area contributed by atoms with Crippen LogP contribution in [0.2, 0.25) is 5.02 Å². The summed E-state index contributed by atoms with van der Waals surface area (Å²) in [5.74, 6) is 0. The molecule has 12 heavy (non-hydrogen) atoms. The minimum atomic E-state index is 0.682. The van der Waals surface area contributed by atoms with E-state index in [2.05, 4.69) is 4.99 Å². The van der Waals surface area contributed by atoms with E-state index in [9.17, 15) is 0 Å². The molecule has 0 saturated carbocycles. The summed E-state index contributed by atoms with van der Waals surface area (Å²) in [4.78, 5) is 4.08. The molecule has 0 saturated heterocycles. The van der Waals surface area contributed by atoms with Crippen molar-refractivity contribution in [1.82, 2.24) is 0 Å². The number of halogens is 1. The second-order valence-corrected chi connectivity index (χ2v) is 2.58. The molecule has 0 heterocycles. The molecule has 0 aliphatic heterocycles. The fraction of sp³-hybridized carbons (Fsp3) is 0. The first kappa shape index (κ1) is 8.81. The molecule has 0 bridgehead atoms. The molecule has 2 nitrogen and oxygen atoms in total. The van der Waals surface area contributed by atoms with Crippen LogP contribution in [0, 0.1) is 0 Å². The Hall–Kier alpha value is -1.28. The fourth-order valence-electron chi connectivity index (χ4n) is 0.735. The van der Waals surface area contributed by atoms with E-state index >= 15 is 0 Å². The van der Waals surface area contributed by atoms with Crippen molar-refractivity contribution < 1.29 is 0 Å². The zero-order valence-electron chi connectivity index (χ0n) is 6.44. The molecule has 0 aliphatic carbocycles. The highest BCUT2D eigenvalue weighted by molar-refractivity contribution is 6.30. The van der Waals surface area contributed by atoms with Crippen LogP contribution in [-0.4, -0.2) is 6.21 Å². The molecule has 1 aromatic carbocycles. The summed E-state index contributed by atoms with van der Waals surface area (Å²) in [5, 5.41) is 0.682. The van der Waals surface area contributed by atoms with E-state index in [1.807, 2.05) is 12.1 Å². The second-order valence-electron chi connectivity index (χ2n) is 2.14. The zero-order chi connectivity index (χ0) is 8.81. The van der Waals surface area contributed by atoms with Crippen LogP contribution in [0.4, 0.5) is 5.69 Å². The molecule has 0 radical (unpaired) electrons. The molecule has 0 aromatic heterocycles. The standard InChI is InChI=1S/C9H9ClN2/c10-8-3-1-4-9(7-8)12-6-2-5-11/h1-7H,11H2/b5-2-,12-6?. The summed E-state index contributed by atoms with van der Waals surface area (Å²) in [7, 11) is 0. The van der Waals surface area contributed by atoms with E-state index in [4.69, 9.17) is 17.3 Å². The number of nitrogens with zero attached hydrogens (tertiary/aromatic N) is 1. The SMILES string of the molecule is N/C=C\C=Nc1cccc(Cl)c1. The average molecular weight is 181 g/mol. The number of nitrogens with two attached hydrogens (primary N) is 1. The van der Waals surface area contributed by atoms with Crippen molar-refractivity contribution in [3.05, 3.63) is 41.6 Å². The van der Waals surface area contributed by atoms with Crippen LogP contribution >= 0.6 is 11.6 Å². The molecule has 3 heteroatoms. The first-order chi connectivity index (χ1) is 5.83. The van der Waals surface area contributed by atoms with Crippen LogP contribution in [0.5, 0.6) is 0 Å². The Morgan fingerprint density at radius 3 is 2.92 bits per heavy atom. The van der Waals surface area contributed by atoms with Crippen molar-refractivity contribution in [3.63, 3.8) is 0 Å². The third kappa shape index (κ3) is 2.76. The van der Waals surface area contributed by atoms with Crippen LogP contribution in [0.15, 0.2) is 41.5 Å². The maximum atomic E-state index is 5.74. The summed E-state index contributed by atoms with van der Waals surface area (Å²) in [6.45, 7) is 0. The third-order valence-electron chi connectivity index (χ3n) is 1.23. The largest absolute Gasteiger partial charge is 0.405 e. The molecule has 1 aromatic rings. The van der Waals surface area contributed by atoms with Gasteiger partial charge in [-0.05, 0) is 30.5 Å². The quantitative estimate of drug-likeness (QED) is 0.698. The van der Waals surface area contributed by atoms with Gasteiger partial charge in [-0.25, -0.2) is 0 Å². The highest BCUT2D eigenvalue weighted by atomic mass is 35.5. The molecule has 0 aliphatic rings. The molecular weight excluding hydrogens is 172 g/mol. The fourth-order valence-corrected chi connectivity index (χ4v) is 0.920. The lowest BCUT2D eigenvalue weighted by Crippen LogP contribution is -1.75. The number of benzene rings is 1. The Balaban J connectivity index is 2.76. The minimum absolute atomic E-state index is 0.682. The monoisotopic (exact) mass is 180 g/mol. The highest BCUT2D eigenvalue weighted by Gasteiger charge is 1.87. The van der Waals surface area contributed by atoms with Crippen LogP contribution in [-0.2, 0) is 0 Å². The molecule has 0 amide bonds. The van der Waals surface area contributed by atoms with Crippen molar-refractivity contribution >= 4 is 23.5 Å². The Labute approximate surface area is 76.4 Å². The predicted octanol–water partition coefficient (Wildman–Crippen LogP) is 2.51. The second kappa shape index (κ2) is 4.57. The van der Waals surface area contributed by atoms with E-state index in [1.54, 1.807) is 24.4 Å². The minimum Gasteiger partial charge on any atom is -0.405 e. The van der Waals surface area contributed by atoms with Gasteiger partial charge < -0.3 is 5.73 Å². The lowest BCUT2D eigenvalue weighted by atomic mass is 10.3. The van der Waals surface area contributed by atoms with Crippen molar-refractivity contribution in [3.8, 4) is 0 Å². The van der Waals surface area contributed by atoms with Gasteiger partial charge in [0.05, 0.1) is 5.69 Å². The summed E-state index contributed by atoms with van der Waals surface area (Å²) < 4.78 is 0. The molecule has 2 N–H and O–H groups in total. The highest BCUT2D eigenvalue weighted by Crippen LogP contribution is 2.16. The van der Waals surface area contributed by atoms with Gasteiger partial charge >= 0.3 is 0 Å². The van der Waals surface area contributed by atoms with Gasteiger partial charge in [0.25, 0.3) is 0 Å². The van der Waals surface area contributed by atoms with Gasteiger partial charge in [0.2, 0.25) is 0 Å². The predicted molar refractivity (Wildman–Crippen MR) is 52.9 cm³/mol. The molecule has 0 fully saturated rings. The van der Waals surface area contributed by atoms with Crippen molar-refractivity contribution in [1.29, 1.82) is 0 Å². The summed E-state index contributed by atoms with van der Waals surface area (Å²) in [5.41, 5.74) is 5.94. The molecule has 0 atom stereocenters. The average Bonchev–Trinajstić information content (AvgIpc) is 2.05. The van der Waals surface area contributed by atoms with Crippen molar-refractivity contribution in [2.75, 3.05) is 0 Å². The lowest BCUT2D eigenvalue weighted by Gasteiger charge is -1.91. The number of aliphatic imine (C=N–C) groups is 1. The lowest BCUT2D eigenvalue weighted by molar-refractivity contribution is 1.53. The molecule has 0 spiro atoms. The maximum absolute atomic E-state index is 5.74. The van der Waals surface area contributed by atoms with Gasteiger partial charge in [-0.1, -0.05) is 17.7 Å². The molecular formula is C9H9ClN2. The summed E-state index contributed by atoms with van der Waals surface area (Å²) in [6, 6.07) is 7.30. The Bertz CT molecular complexity index is 305. The van der Waals surface area contributed by atoms with Gasteiger partial charge in [-0.15, -0.1) is 0 Å². The molecule has 62 valence electrons. The summed E-state index contributed by atoms with van der Waals surface area (Å²) >= 11 is 5.74. The van der Waals surface area contributed by atoms with E-state index in [0.717, 1.165) is 5.69 Å². The number of rotatable bonds is 2. The Morgan fingerprint density at radius 2 is 2.25 bits per heavy atom. The van der Waals surface area contributed by atoms with E-state index < -0.39 is 0 Å². The van der Waals surface area contributed by atoms with Gasteiger partial charge in [-0.3, -0.25) is 4.99 Å². The van der Waals surface area contributed by atoms with Crippen LogP contribution in [0.1, 0.15) is 0 Å². The van der Waals surface area contributed by atoms with Crippen LogP contribution in [0.3, 0.4) is 0 Å². The van der Waals surface area contributed by atoms with E-state index in [-0.39, 0.29) is 0 Å². The smallest absolute Gasteiger partial charge is 0.0644 e. The third-order valence-corrected chi connectivity index (χ3v) is 1.46. The van der Waals surface area contributed by atoms with Crippen LogP contribution < -0.4 is 5.73 Å². The molecule has 1 rings (SSSR count). The molecule has 0 unspecified atom stereocenters. The van der Waals surface area contributed by atoms with Crippen LogP contribution in [0.25, 0.3) is 0 Å². The Kier molecular flexibility index (Phi) is 3.35. The van der Waals surface area contributed by atoms with Gasteiger partial charge in [0, 0.05) is 11.2 Å².